The molecule has 2 heterocycles. The van der Waals surface area contributed by atoms with Gasteiger partial charge in [0.2, 0.25) is 5.82 Å². The van der Waals surface area contributed by atoms with Gasteiger partial charge in [-0.15, -0.1) is 0 Å². The van der Waals surface area contributed by atoms with Crippen LogP contribution in [0, 0.1) is 6.92 Å². The third-order valence-corrected chi connectivity index (χ3v) is 5.57. The summed E-state index contributed by atoms with van der Waals surface area (Å²) in [5.41, 5.74) is 5.18. The summed E-state index contributed by atoms with van der Waals surface area (Å²) < 4.78 is 5.73. The van der Waals surface area contributed by atoms with Gasteiger partial charge in [0.1, 0.15) is 0 Å². The van der Waals surface area contributed by atoms with Gasteiger partial charge in [0.05, 0.1) is 17.3 Å². The maximum Gasteiger partial charge on any atom is 0.326 e. The van der Waals surface area contributed by atoms with Gasteiger partial charge in [0, 0.05) is 11.3 Å². The molecule has 1 aromatic heterocycles. The Morgan fingerprint density at radius 2 is 1.62 bits per heavy atom. The normalized spacial score (nSPS) is 16.2. The minimum absolute atomic E-state index is 0.200. The van der Waals surface area contributed by atoms with Crippen LogP contribution in [0.3, 0.4) is 0 Å². The average molecular weight is 422 g/mol. The van der Waals surface area contributed by atoms with Gasteiger partial charge >= 0.3 is 6.03 Å². The molecule has 1 aliphatic heterocycles. The minimum atomic E-state index is -0.408. The topological polar surface area (TPSA) is 71.3 Å². The highest BCUT2D eigenvalue weighted by atomic mass is 16.5. The summed E-state index contributed by atoms with van der Waals surface area (Å²) in [6.45, 7) is 3.92. The molecule has 1 aliphatic rings. The molecule has 0 bridgehead atoms. The zero-order valence-electron chi connectivity index (χ0n) is 17.8. The number of aryl methyl sites for hydroxylation is 1. The highest BCUT2D eigenvalue weighted by Gasteiger charge is 2.36. The van der Waals surface area contributed by atoms with Crippen LogP contribution >= 0.6 is 0 Å². The number of carbonyl (C=O) groups excluding carboxylic acids is 1. The van der Waals surface area contributed by atoms with E-state index in [1.165, 1.54) is 0 Å². The largest absolute Gasteiger partial charge is 0.334 e. The van der Waals surface area contributed by atoms with Crippen molar-refractivity contribution in [2.75, 3.05) is 4.90 Å². The number of rotatable bonds is 4. The van der Waals surface area contributed by atoms with Gasteiger partial charge in [-0.05, 0) is 37.1 Å². The Kier molecular flexibility index (Phi) is 5.03. The molecular formula is C26H22N4O2. The first kappa shape index (κ1) is 19.8. The monoisotopic (exact) mass is 422 g/mol. The third-order valence-electron chi connectivity index (χ3n) is 5.57. The number of benzene rings is 3. The van der Waals surface area contributed by atoms with E-state index in [2.05, 4.69) is 15.5 Å². The number of allylic oxidation sites excluding steroid dienone is 1. The van der Waals surface area contributed by atoms with Crippen molar-refractivity contribution in [2.24, 2.45) is 0 Å². The van der Waals surface area contributed by atoms with E-state index in [-0.39, 0.29) is 6.03 Å². The molecule has 5 rings (SSSR count). The molecule has 1 N–H and O–H groups in total. The van der Waals surface area contributed by atoms with Gasteiger partial charge in [0.25, 0.3) is 5.89 Å². The van der Waals surface area contributed by atoms with Crippen LogP contribution in [0.15, 0.2) is 95.1 Å². The summed E-state index contributed by atoms with van der Waals surface area (Å²) in [4.78, 5) is 19.6. The quantitative estimate of drug-likeness (QED) is 0.455. The summed E-state index contributed by atoms with van der Waals surface area (Å²) in [5.74, 6) is 0.888. The molecule has 2 amide bonds. The fourth-order valence-corrected chi connectivity index (χ4v) is 4.03. The Hall–Kier alpha value is -4.19. The number of urea groups is 1. The fraction of sp³-hybridized carbons (Fsp3) is 0.115. The molecule has 3 aromatic carbocycles. The molecule has 0 spiro atoms. The number of anilines is 1. The first-order valence-electron chi connectivity index (χ1n) is 10.4. The first-order chi connectivity index (χ1) is 15.6. The second kappa shape index (κ2) is 8.15. The maximum absolute atomic E-state index is 13.2. The lowest BCUT2D eigenvalue weighted by Gasteiger charge is -2.35. The Balaban J connectivity index is 1.67. The van der Waals surface area contributed by atoms with Crippen molar-refractivity contribution in [1.82, 2.24) is 15.5 Å². The Morgan fingerprint density at radius 3 is 2.34 bits per heavy atom. The van der Waals surface area contributed by atoms with E-state index in [0.717, 1.165) is 33.6 Å². The summed E-state index contributed by atoms with van der Waals surface area (Å²) in [6, 6.07) is 26.7. The van der Waals surface area contributed by atoms with Crippen LogP contribution in [0.5, 0.6) is 0 Å². The van der Waals surface area contributed by atoms with Crippen molar-refractivity contribution in [3.63, 3.8) is 0 Å². The maximum atomic E-state index is 13.2. The van der Waals surface area contributed by atoms with Crippen molar-refractivity contribution in [3.05, 3.63) is 108 Å². The Bertz CT molecular complexity index is 1300. The number of nitrogens with zero attached hydrogens (tertiary/aromatic N) is 3. The van der Waals surface area contributed by atoms with E-state index in [1.54, 1.807) is 4.90 Å². The van der Waals surface area contributed by atoms with Crippen LogP contribution in [-0.4, -0.2) is 16.2 Å². The number of hydrogen-bond acceptors (Lipinski definition) is 4. The van der Waals surface area contributed by atoms with Crippen molar-refractivity contribution in [3.8, 4) is 11.4 Å². The van der Waals surface area contributed by atoms with Gasteiger partial charge in [-0.2, -0.15) is 4.98 Å². The van der Waals surface area contributed by atoms with Crippen molar-refractivity contribution < 1.29 is 9.32 Å². The molecule has 0 saturated carbocycles. The second-order valence-corrected chi connectivity index (χ2v) is 7.76. The number of hydrogen-bond donors (Lipinski definition) is 1. The van der Waals surface area contributed by atoms with Crippen molar-refractivity contribution in [2.45, 2.75) is 19.9 Å². The lowest BCUT2D eigenvalue weighted by molar-refractivity contribution is 0.244. The summed E-state index contributed by atoms with van der Waals surface area (Å²) in [5, 5.41) is 7.33. The molecule has 6 nitrogen and oxygen atoms in total. The molecule has 4 aromatic rings. The summed E-state index contributed by atoms with van der Waals surface area (Å²) in [6.07, 6.45) is 0. The zero-order chi connectivity index (χ0) is 22.1. The lowest BCUT2D eigenvalue weighted by Crippen LogP contribution is -2.46. The van der Waals surface area contributed by atoms with E-state index < -0.39 is 6.04 Å². The van der Waals surface area contributed by atoms with Gasteiger partial charge in [-0.25, -0.2) is 4.79 Å². The van der Waals surface area contributed by atoms with Gasteiger partial charge in [-0.1, -0.05) is 78.0 Å². The fourth-order valence-electron chi connectivity index (χ4n) is 4.03. The predicted octanol–water partition coefficient (Wildman–Crippen LogP) is 5.75. The Morgan fingerprint density at radius 1 is 0.906 bits per heavy atom. The first-order valence-corrected chi connectivity index (χ1v) is 10.4. The zero-order valence-corrected chi connectivity index (χ0v) is 17.8. The van der Waals surface area contributed by atoms with Crippen LogP contribution < -0.4 is 10.2 Å². The molecule has 158 valence electrons. The minimum Gasteiger partial charge on any atom is -0.334 e. The van der Waals surface area contributed by atoms with Gasteiger partial charge < -0.3 is 9.84 Å². The van der Waals surface area contributed by atoms with Crippen LogP contribution in [-0.2, 0) is 0 Å². The lowest BCUT2D eigenvalue weighted by atomic mass is 9.94. The molecular weight excluding hydrogens is 400 g/mol. The Labute approximate surface area is 186 Å². The van der Waals surface area contributed by atoms with Crippen LogP contribution in [0.25, 0.3) is 17.0 Å². The molecule has 0 saturated heterocycles. The average Bonchev–Trinajstić information content (AvgIpc) is 3.30. The second-order valence-electron chi connectivity index (χ2n) is 7.76. The number of amides is 2. The third kappa shape index (κ3) is 3.56. The number of nitrogens with one attached hydrogen (secondary N) is 1. The van der Waals surface area contributed by atoms with Crippen molar-refractivity contribution >= 4 is 17.3 Å². The van der Waals surface area contributed by atoms with E-state index in [9.17, 15) is 4.79 Å². The predicted molar refractivity (Wildman–Crippen MR) is 124 cm³/mol. The summed E-state index contributed by atoms with van der Waals surface area (Å²) in [7, 11) is 0. The molecule has 0 radical (unpaired) electrons. The van der Waals surface area contributed by atoms with Crippen molar-refractivity contribution in [1.29, 1.82) is 0 Å². The molecule has 0 aliphatic carbocycles. The van der Waals surface area contributed by atoms with Gasteiger partial charge in [0.15, 0.2) is 0 Å². The molecule has 1 unspecified atom stereocenters. The number of aromatic nitrogens is 2. The molecule has 1 atom stereocenters. The standard InChI is InChI=1S/C26H22N4O2/c1-17-10-9-15-21(16-17)30-18(2)22(23(27-26(30)31)19-11-5-3-6-12-19)25-28-24(29-32-25)20-13-7-4-8-14-20/h3-16,23H,1-2H3,(H,27,31). The van der Waals surface area contributed by atoms with Crippen LogP contribution in [0.4, 0.5) is 10.5 Å². The van der Waals surface area contributed by atoms with Crippen LogP contribution in [0.2, 0.25) is 0 Å². The summed E-state index contributed by atoms with van der Waals surface area (Å²) >= 11 is 0. The van der Waals surface area contributed by atoms with Crippen LogP contribution in [0.1, 0.15) is 30.0 Å². The van der Waals surface area contributed by atoms with E-state index in [4.69, 9.17) is 4.52 Å². The molecule has 0 fully saturated rings. The van der Waals surface area contributed by atoms with Gasteiger partial charge in [-0.3, -0.25) is 4.90 Å². The van der Waals surface area contributed by atoms with E-state index >= 15 is 0 Å². The van der Waals surface area contributed by atoms with E-state index in [0.29, 0.717) is 11.7 Å². The molecule has 32 heavy (non-hydrogen) atoms. The van der Waals surface area contributed by atoms with E-state index in [1.807, 2.05) is 98.8 Å². The molecule has 6 heteroatoms. The smallest absolute Gasteiger partial charge is 0.326 e. The number of carbonyl (C=O) groups is 1. The SMILES string of the molecule is CC1=C(c2nc(-c3ccccc3)no2)C(c2ccccc2)NC(=O)N1c1cccc(C)c1. The highest BCUT2D eigenvalue weighted by molar-refractivity contribution is 6.01. The highest BCUT2D eigenvalue weighted by Crippen LogP contribution is 2.39.